The topological polar surface area (TPSA) is 97.7 Å². The van der Waals surface area contributed by atoms with Crippen LogP contribution in [-0.4, -0.2) is 42.4 Å². The second kappa shape index (κ2) is 12.2. The Labute approximate surface area is 212 Å². The molecule has 5 unspecified atom stereocenters. The Hall–Kier alpha value is -1.93. The van der Waals surface area contributed by atoms with Crippen LogP contribution in [0.5, 0.6) is 0 Å². The summed E-state index contributed by atoms with van der Waals surface area (Å²) in [4.78, 5) is 27.2. The van der Waals surface area contributed by atoms with Crippen molar-refractivity contribution in [3.63, 3.8) is 0 Å². The molecule has 1 aliphatic rings. The molecule has 34 heavy (non-hydrogen) atoms. The molecule has 9 heteroatoms. The summed E-state index contributed by atoms with van der Waals surface area (Å²) < 4.78 is 22.2. The first kappa shape index (κ1) is 26.7. The zero-order valence-corrected chi connectivity index (χ0v) is 21.2. The van der Waals surface area contributed by atoms with E-state index in [-0.39, 0.29) is 36.1 Å². The Morgan fingerprint density at radius 3 is 2.47 bits per heavy atom. The fourth-order valence-electron chi connectivity index (χ4n) is 4.95. The summed E-state index contributed by atoms with van der Waals surface area (Å²) in [6.07, 6.45) is 1.64. The van der Waals surface area contributed by atoms with Crippen LogP contribution in [0.25, 0.3) is 0 Å². The highest BCUT2D eigenvalue weighted by Crippen LogP contribution is 2.48. The van der Waals surface area contributed by atoms with E-state index in [0.717, 1.165) is 11.1 Å². The van der Waals surface area contributed by atoms with Crippen molar-refractivity contribution in [1.29, 1.82) is 0 Å². The van der Waals surface area contributed by atoms with Gasteiger partial charge in [0.25, 0.3) is 0 Å². The number of amides is 1. The third kappa shape index (κ3) is 6.60. The van der Waals surface area contributed by atoms with Crippen LogP contribution < -0.4 is 0 Å². The molecule has 0 aliphatic carbocycles. The van der Waals surface area contributed by atoms with E-state index in [2.05, 4.69) is 0 Å². The third-order valence-corrected chi connectivity index (χ3v) is 7.55. The minimum atomic E-state index is -2.16. The number of carboxylic acids is 1. The number of hydrogen-bond donors (Lipinski definition) is 1. The summed E-state index contributed by atoms with van der Waals surface area (Å²) in [5.41, 5.74) is 1.82. The predicted molar refractivity (Wildman–Crippen MR) is 133 cm³/mol. The van der Waals surface area contributed by atoms with E-state index in [1.165, 1.54) is 0 Å². The first-order valence-corrected chi connectivity index (χ1v) is 13.3. The maximum atomic E-state index is 13.7. The second-order valence-electron chi connectivity index (χ2n) is 8.65. The minimum absolute atomic E-state index is 0.0143. The van der Waals surface area contributed by atoms with E-state index in [9.17, 15) is 23.5 Å². The Bertz CT molecular complexity index is 1030. The van der Waals surface area contributed by atoms with Crippen LogP contribution in [0.3, 0.4) is 0 Å². The average Bonchev–Trinajstić information content (AvgIpc) is 2.78. The van der Waals surface area contributed by atoms with Crippen molar-refractivity contribution in [2.45, 2.75) is 57.0 Å². The molecule has 2 aromatic rings. The second-order valence-corrected chi connectivity index (χ2v) is 10.5. The van der Waals surface area contributed by atoms with E-state index in [0.29, 0.717) is 35.7 Å². The molecule has 1 aliphatic heterocycles. The largest absolute Gasteiger partial charge is 0.772 e. The molecule has 0 spiro atoms. The predicted octanol–water partition coefficient (Wildman–Crippen LogP) is 5.58. The molecule has 2 aromatic carbocycles. The lowest BCUT2D eigenvalue weighted by molar-refractivity contribution is -0.152. The molecule has 0 aromatic heterocycles. The molecule has 1 N–H and O–H groups in total. The van der Waals surface area contributed by atoms with Crippen LogP contribution in [0.2, 0.25) is 10.0 Å². The highest BCUT2D eigenvalue weighted by atomic mass is 35.5. The van der Waals surface area contributed by atoms with Gasteiger partial charge in [0.05, 0.1) is 12.5 Å². The lowest BCUT2D eigenvalue weighted by Crippen LogP contribution is -2.52. The lowest BCUT2D eigenvalue weighted by Gasteiger charge is -2.48. The number of halogens is 2. The maximum Gasteiger partial charge on any atom is 0.304 e. The smallest absolute Gasteiger partial charge is 0.304 e. The Balaban J connectivity index is 2.11. The van der Waals surface area contributed by atoms with Crippen LogP contribution in [0.1, 0.15) is 62.1 Å². The number of carbonyl (C=O) groups excluding carboxylic acids is 1. The molecule has 1 heterocycles. The molecule has 0 bridgehead atoms. The van der Waals surface area contributed by atoms with Gasteiger partial charge < -0.3 is 14.6 Å². The van der Waals surface area contributed by atoms with Crippen molar-refractivity contribution in [3.05, 3.63) is 69.7 Å². The SMILES string of the molecule is CCC(CCCS(=O)[O-])N1C(=O)C(CC(=O)O)CC(c2cccc(Cl)c2)C1c1ccc(Cl)cc1. The molecule has 0 saturated carbocycles. The van der Waals surface area contributed by atoms with Gasteiger partial charge in [0.15, 0.2) is 0 Å². The molecule has 3 rings (SSSR count). The number of likely N-dealkylation sites (tertiary alicyclic amines) is 1. The van der Waals surface area contributed by atoms with Crippen LogP contribution >= 0.6 is 23.2 Å². The molecule has 0 radical (unpaired) electrons. The van der Waals surface area contributed by atoms with Gasteiger partial charge in [-0.25, -0.2) is 0 Å². The van der Waals surface area contributed by atoms with Gasteiger partial charge in [0, 0.05) is 33.7 Å². The summed E-state index contributed by atoms with van der Waals surface area (Å²) in [5.74, 6) is -2.10. The van der Waals surface area contributed by atoms with Gasteiger partial charge in [-0.15, -0.1) is 0 Å². The van der Waals surface area contributed by atoms with Gasteiger partial charge in [0.1, 0.15) is 0 Å². The highest BCUT2D eigenvalue weighted by Gasteiger charge is 2.45. The zero-order chi connectivity index (χ0) is 24.8. The molecule has 1 amide bonds. The zero-order valence-electron chi connectivity index (χ0n) is 18.9. The third-order valence-electron chi connectivity index (χ3n) is 6.45. The van der Waals surface area contributed by atoms with Gasteiger partial charge in [0.2, 0.25) is 5.91 Å². The number of benzene rings is 2. The standard InChI is InChI=1S/C25H29Cl2NO5S/c1-2-21(7-4-12-34(32)33)28-24(16-8-10-19(26)11-9-16)22(17-5-3-6-20(27)13-17)14-18(25(28)31)15-23(29)30/h3,5-6,8-11,13,18,21-22,24H,2,4,7,12,14-15H2,1H3,(H,29,30)(H,32,33)/p-1. The van der Waals surface area contributed by atoms with Crippen molar-refractivity contribution in [2.24, 2.45) is 5.92 Å². The van der Waals surface area contributed by atoms with Crippen molar-refractivity contribution in [2.75, 3.05) is 5.75 Å². The fourth-order valence-corrected chi connectivity index (χ4v) is 5.68. The van der Waals surface area contributed by atoms with Crippen LogP contribution in [-0.2, 0) is 20.7 Å². The number of aliphatic carboxylic acids is 1. The molecule has 6 nitrogen and oxygen atoms in total. The quantitative estimate of drug-likeness (QED) is 0.409. The monoisotopic (exact) mass is 524 g/mol. The van der Waals surface area contributed by atoms with Gasteiger partial charge in [-0.2, -0.15) is 0 Å². The Morgan fingerprint density at radius 1 is 1.18 bits per heavy atom. The first-order valence-electron chi connectivity index (χ1n) is 11.3. The first-order chi connectivity index (χ1) is 16.2. The van der Waals surface area contributed by atoms with Crippen molar-refractivity contribution >= 4 is 46.2 Å². The lowest BCUT2D eigenvalue weighted by atomic mass is 9.74. The van der Waals surface area contributed by atoms with Crippen molar-refractivity contribution < 1.29 is 23.5 Å². The Morgan fingerprint density at radius 2 is 1.88 bits per heavy atom. The number of rotatable bonds is 10. The number of carbonyl (C=O) groups is 2. The van der Waals surface area contributed by atoms with Crippen LogP contribution in [0.15, 0.2) is 48.5 Å². The Kier molecular flexibility index (Phi) is 9.54. The van der Waals surface area contributed by atoms with E-state index >= 15 is 0 Å². The minimum Gasteiger partial charge on any atom is -0.772 e. The average molecular weight is 525 g/mol. The molecular weight excluding hydrogens is 497 g/mol. The van der Waals surface area contributed by atoms with E-state index in [4.69, 9.17) is 23.2 Å². The summed E-state index contributed by atoms with van der Waals surface area (Å²) in [5, 5.41) is 10.6. The number of nitrogens with zero attached hydrogens (tertiary/aromatic N) is 1. The van der Waals surface area contributed by atoms with E-state index < -0.39 is 23.0 Å². The summed E-state index contributed by atoms with van der Waals surface area (Å²) in [6, 6.07) is 14.2. The van der Waals surface area contributed by atoms with Gasteiger partial charge in [-0.1, -0.05) is 65.5 Å². The summed E-state index contributed by atoms with van der Waals surface area (Å²) in [7, 11) is 0. The summed E-state index contributed by atoms with van der Waals surface area (Å²) in [6.45, 7) is 1.96. The molecule has 1 fully saturated rings. The highest BCUT2D eigenvalue weighted by molar-refractivity contribution is 7.79. The van der Waals surface area contributed by atoms with Gasteiger partial charge in [-0.05, 0) is 61.1 Å². The van der Waals surface area contributed by atoms with Crippen LogP contribution in [0.4, 0.5) is 0 Å². The normalized spacial score (nSPS) is 22.4. The molecule has 1 saturated heterocycles. The van der Waals surface area contributed by atoms with Gasteiger partial charge in [-0.3, -0.25) is 13.8 Å². The van der Waals surface area contributed by atoms with E-state index in [1.54, 1.807) is 23.1 Å². The van der Waals surface area contributed by atoms with Crippen molar-refractivity contribution in [3.8, 4) is 0 Å². The summed E-state index contributed by atoms with van der Waals surface area (Å²) >= 11 is 10.3. The van der Waals surface area contributed by atoms with Gasteiger partial charge >= 0.3 is 5.97 Å². The maximum absolute atomic E-state index is 13.7. The number of hydrogen-bond acceptors (Lipinski definition) is 4. The van der Waals surface area contributed by atoms with E-state index in [1.807, 2.05) is 37.3 Å². The molecule has 5 atom stereocenters. The number of piperidine rings is 1. The molecular formula is C25H28Cl2NO5S-. The number of carboxylic acid groups (broad SMARTS) is 1. The fraction of sp³-hybridized carbons (Fsp3) is 0.440. The van der Waals surface area contributed by atoms with Crippen LogP contribution in [0, 0.1) is 5.92 Å². The molecule has 184 valence electrons. The van der Waals surface area contributed by atoms with Crippen molar-refractivity contribution in [1.82, 2.24) is 4.90 Å².